The number of nitrogens with one attached hydrogen (secondary N) is 1. The fourth-order valence-electron chi connectivity index (χ4n) is 1.30. The number of amides is 2. The van der Waals surface area contributed by atoms with Crippen molar-refractivity contribution in [1.82, 2.24) is 5.32 Å². The predicted molar refractivity (Wildman–Crippen MR) is 64.4 cm³/mol. The van der Waals surface area contributed by atoms with Gasteiger partial charge in [-0.1, -0.05) is 23.3 Å². The highest BCUT2D eigenvalue weighted by Crippen LogP contribution is 2.26. The maximum atomic E-state index is 11.3. The lowest BCUT2D eigenvalue weighted by Crippen LogP contribution is -2.17. The van der Waals surface area contributed by atoms with Gasteiger partial charge in [-0.05, 0) is 35.0 Å². The van der Waals surface area contributed by atoms with Crippen molar-refractivity contribution in [3.8, 4) is 0 Å². The van der Waals surface area contributed by atoms with Crippen LogP contribution in [0.5, 0.6) is 0 Å². The minimum atomic E-state index is -0.408. The lowest BCUT2D eigenvalue weighted by molar-refractivity contribution is -0.115. The molecule has 0 bridgehead atoms. The van der Waals surface area contributed by atoms with Crippen LogP contribution in [-0.2, 0) is 4.79 Å². The van der Waals surface area contributed by atoms with Crippen molar-refractivity contribution in [2.75, 3.05) is 0 Å². The van der Waals surface area contributed by atoms with E-state index in [4.69, 9.17) is 5.53 Å². The molecular weight excluding hydrogens is 240 g/mol. The van der Waals surface area contributed by atoms with Crippen LogP contribution in [-0.4, -0.2) is 11.1 Å². The summed E-state index contributed by atoms with van der Waals surface area (Å²) in [6.07, 6.45) is 1.57. The number of hydrogen-bond acceptors (Lipinski definition) is 4. The van der Waals surface area contributed by atoms with Gasteiger partial charge in [-0.15, -0.1) is 0 Å². The van der Waals surface area contributed by atoms with Crippen molar-refractivity contribution in [3.63, 3.8) is 0 Å². The highest BCUT2D eigenvalue weighted by atomic mass is 32.2. The summed E-state index contributed by atoms with van der Waals surface area (Å²) in [6.45, 7) is 0. The van der Waals surface area contributed by atoms with Crippen LogP contribution in [0.2, 0.25) is 0 Å². The minimum Gasteiger partial charge on any atom is -0.282 e. The van der Waals surface area contributed by atoms with Crippen molar-refractivity contribution in [3.05, 3.63) is 45.2 Å². The Bertz CT molecular complexity index is 575. The van der Waals surface area contributed by atoms with E-state index < -0.39 is 5.91 Å². The lowest BCUT2D eigenvalue weighted by atomic mass is 10.2. The van der Waals surface area contributed by atoms with Gasteiger partial charge in [0.25, 0.3) is 11.1 Å². The summed E-state index contributed by atoms with van der Waals surface area (Å²) in [7, 11) is 0. The van der Waals surface area contributed by atoms with Gasteiger partial charge in [0, 0.05) is 10.6 Å². The first-order valence-corrected chi connectivity index (χ1v) is 5.41. The molecule has 1 saturated heterocycles. The molecule has 84 valence electrons. The number of benzene rings is 1. The zero-order valence-electron chi connectivity index (χ0n) is 8.45. The summed E-state index contributed by atoms with van der Waals surface area (Å²) >= 11 is 0.846. The number of thioether (sulfide) groups is 1. The lowest BCUT2D eigenvalue weighted by Gasteiger charge is -1.96. The molecule has 1 heterocycles. The zero-order chi connectivity index (χ0) is 12.3. The van der Waals surface area contributed by atoms with E-state index in [0.717, 1.165) is 11.8 Å². The van der Waals surface area contributed by atoms with Gasteiger partial charge in [-0.25, -0.2) is 0 Å². The maximum absolute atomic E-state index is 11.3. The van der Waals surface area contributed by atoms with Crippen LogP contribution >= 0.6 is 11.8 Å². The topological polar surface area (TPSA) is 94.9 Å². The number of nitrogens with zero attached hydrogens (tertiary/aromatic N) is 3. The van der Waals surface area contributed by atoms with E-state index in [0.29, 0.717) is 16.2 Å². The zero-order valence-corrected chi connectivity index (χ0v) is 9.27. The highest BCUT2D eigenvalue weighted by molar-refractivity contribution is 8.18. The summed E-state index contributed by atoms with van der Waals surface area (Å²) in [6, 6.07) is 6.73. The molecule has 0 radical (unpaired) electrons. The molecule has 0 aliphatic carbocycles. The average molecular weight is 246 g/mol. The van der Waals surface area contributed by atoms with Crippen LogP contribution in [0.25, 0.3) is 16.5 Å². The Labute approximate surface area is 100 Å². The van der Waals surface area contributed by atoms with Gasteiger partial charge in [0.15, 0.2) is 0 Å². The molecule has 0 unspecified atom stereocenters. The molecule has 1 aliphatic heterocycles. The minimum absolute atomic E-state index is 0.327. The molecule has 1 aromatic rings. The van der Waals surface area contributed by atoms with Gasteiger partial charge in [0.2, 0.25) is 0 Å². The van der Waals surface area contributed by atoms with E-state index in [-0.39, 0.29) is 5.24 Å². The molecule has 0 aromatic heterocycles. The first kappa shape index (κ1) is 11.3. The Hall–Kier alpha value is -2.24. The van der Waals surface area contributed by atoms with Crippen LogP contribution in [0.3, 0.4) is 0 Å². The van der Waals surface area contributed by atoms with Crippen molar-refractivity contribution in [2.24, 2.45) is 5.11 Å². The maximum Gasteiger partial charge on any atom is 0.290 e. The van der Waals surface area contributed by atoms with Crippen molar-refractivity contribution < 1.29 is 9.59 Å². The smallest absolute Gasteiger partial charge is 0.282 e. The fourth-order valence-corrected chi connectivity index (χ4v) is 1.98. The molecule has 6 nitrogen and oxygen atoms in total. The second-order valence-electron chi connectivity index (χ2n) is 3.14. The van der Waals surface area contributed by atoms with Crippen molar-refractivity contribution >= 4 is 34.7 Å². The molecule has 0 saturated carbocycles. The Morgan fingerprint density at radius 1 is 1.41 bits per heavy atom. The third kappa shape index (κ3) is 2.66. The predicted octanol–water partition coefficient (Wildman–Crippen LogP) is 2.95. The monoisotopic (exact) mass is 246 g/mol. The molecule has 17 heavy (non-hydrogen) atoms. The standard InChI is InChI=1S/C10H6N4O2S/c11-14-13-7-3-1-2-6(4-7)5-8-9(15)12-10(16)17-8/h1-5H,(H,12,15,16)/b8-5-. The van der Waals surface area contributed by atoms with E-state index >= 15 is 0 Å². The Balaban J connectivity index is 2.32. The molecule has 0 spiro atoms. The largest absolute Gasteiger partial charge is 0.290 e. The molecule has 7 heteroatoms. The highest BCUT2D eigenvalue weighted by Gasteiger charge is 2.24. The Morgan fingerprint density at radius 3 is 2.88 bits per heavy atom. The first-order valence-electron chi connectivity index (χ1n) is 4.59. The molecule has 2 amide bonds. The average Bonchev–Trinajstić information content (AvgIpc) is 2.58. The Morgan fingerprint density at radius 2 is 2.24 bits per heavy atom. The number of carbonyl (C=O) groups is 2. The van der Waals surface area contributed by atoms with Crippen molar-refractivity contribution in [2.45, 2.75) is 0 Å². The third-order valence-electron chi connectivity index (χ3n) is 1.97. The van der Waals surface area contributed by atoms with Crippen LogP contribution in [0.4, 0.5) is 10.5 Å². The molecule has 2 rings (SSSR count). The molecule has 1 aliphatic rings. The second kappa shape index (κ2) is 4.73. The van der Waals surface area contributed by atoms with Gasteiger partial charge in [-0.2, -0.15) is 0 Å². The van der Waals surface area contributed by atoms with Gasteiger partial charge in [0.05, 0.1) is 4.91 Å². The van der Waals surface area contributed by atoms with Crippen LogP contribution in [0.15, 0.2) is 34.3 Å². The Kier molecular flexibility index (Phi) is 3.13. The summed E-state index contributed by atoms with van der Waals surface area (Å²) in [5, 5.41) is 5.23. The van der Waals surface area contributed by atoms with Crippen LogP contribution < -0.4 is 5.32 Å². The number of rotatable bonds is 2. The number of hydrogen-bond donors (Lipinski definition) is 1. The summed E-state index contributed by atoms with van der Waals surface area (Å²) in [5.74, 6) is -0.408. The third-order valence-corrected chi connectivity index (χ3v) is 2.78. The molecule has 0 atom stereocenters. The molecular formula is C10H6N4O2S. The first-order chi connectivity index (χ1) is 8.19. The number of carbonyl (C=O) groups excluding carboxylic acids is 2. The molecule has 1 fully saturated rings. The molecule has 1 aromatic carbocycles. The summed E-state index contributed by atoms with van der Waals surface area (Å²) in [5.41, 5.74) is 9.45. The normalized spacial score (nSPS) is 16.8. The molecule has 1 N–H and O–H groups in total. The quantitative estimate of drug-likeness (QED) is 0.376. The van der Waals surface area contributed by atoms with Gasteiger partial charge < -0.3 is 0 Å². The van der Waals surface area contributed by atoms with Gasteiger partial charge >= 0.3 is 0 Å². The number of imide groups is 1. The van der Waals surface area contributed by atoms with E-state index in [1.165, 1.54) is 0 Å². The van der Waals surface area contributed by atoms with Crippen LogP contribution in [0, 0.1) is 0 Å². The summed E-state index contributed by atoms with van der Waals surface area (Å²) in [4.78, 5) is 25.2. The SMILES string of the molecule is [N-]=[N+]=Nc1cccc(/C=C2\SC(=O)NC2=O)c1. The van der Waals surface area contributed by atoms with Gasteiger partial charge in [-0.3, -0.25) is 14.9 Å². The number of azide groups is 1. The van der Waals surface area contributed by atoms with E-state index in [1.807, 2.05) is 0 Å². The fraction of sp³-hybridized carbons (Fsp3) is 0. The van der Waals surface area contributed by atoms with E-state index in [9.17, 15) is 9.59 Å². The second-order valence-corrected chi connectivity index (χ2v) is 4.15. The van der Waals surface area contributed by atoms with Crippen LogP contribution in [0.1, 0.15) is 5.56 Å². The van der Waals surface area contributed by atoms with E-state index in [1.54, 1.807) is 30.3 Å². The van der Waals surface area contributed by atoms with Crippen molar-refractivity contribution in [1.29, 1.82) is 0 Å². The van der Waals surface area contributed by atoms with Gasteiger partial charge in [0.1, 0.15) is 0 Å². The summed E-state index contributed by atoms with van der Waals surface area (Å²) < 4.78 is 0. The van der Waals surface area contributed by atoms with E-state index in [2.05, 4.69) is 15.3 Å².